The Labute approximate surface area is 141 Å². The fourth-order valence-electron chi connectivity index (χ4n) is 2.90. The first kappa shape index (κ1) is 16.4. The third kappa shape index (κ3) is 4.07. The summed E-state index contributed by atoms with van der Waals surface area (Å²) in [5, 5.41) is 2.16. The van der Waals surface area contributed by atoms with E-state index in [2.05, 4.69) is 57.3 Å². The number of rotatable bonds is 6. The lowest BCUT2D eigenvalue weighted by Crippen LogP contribution is -2.43. The van der Waals surface area contributed by atoms with Crippen LogP contribution in [0.1, 0.15) is 23.5 Å². The number of hydrogen-bond acceptors (Lipinski definition) is 6. The van der Waals surface area contributed by atoms with Gasteiger partial charge in [0.05, 0.1) is 19.3 Å². The molecular weight excluding hydrogens is 308 g/mol. The van der Waals surface area contributed by atoms with Crippen molar-refractivity contribution in [1.29, 1.82) is 0 Å². The van der Waals surface area contributed by atoms with Crippen LogP contribution >= 0.6 is 11.3 Å². The van der Waals surface area contributed by atoms with Crippen LogP contribution in [0.2, 0.25) is 0 Å². The maximum absolute atomic E-state index is 5.51. The zero-order valence-corrected chi connectivity index (χ0v) is 14.6. The first-order chi connectivity index (χ1) is 11.3. The number of aryl methyl sites for hydroxylation is 1. The molecule has 6 heteroatoms. The number of aromatic nitrogens is 2. The standard InChI is InChI=1S/C17H24N4OS/c1-3-14-11-17(19-13-18-14)20(2)12-15(16-5-4-10-23-16)21-6-8-22-9-7-21/h4-5,10-11,13,15H,3,6-9,12H2,1-2H3/t15-/m1/s1. The molecule has 0 spiro atoms. The van der Waals surface area contributed by atoms with Gasteiger partial charge in [-0.25, -0.2) is 9.97 Å². The molecule has 0 unspecified atom stereocenters. The van der Waals surface area contributed by atoms with Gasteiger partial charge in [0, 0.05) is 43.3 Å². The molecule has 23 heavy (non-hydrogen) atoms. The molecule has 0 radical (unpaired) electrons. The predicted octanol–water partition coefficient (Wildman–Crippen LogP) is 2.61. The van der Waals surface area contributed by atoms with E-state index >= 15 is 0 Å². The van der Waals surface area contributed by atoms with Gasteiger partial charge in [-0.15, -0.1) is 11.3 Å². The molecule has 1 aliphatic heterocycles. The average molecular weight is 332 g/mol. The Morgan fingerprint density at radius 3 is 2.87 bits per heavy atom. The Morgan fingerprint density at radius 1 is 1.35 bits per heavy atom. The summed E-state index contributed by atoms with van der Waals surface area (Å²) in [5.41, 5.74) is 1.08. The van der Waals surface area contributed by atoms with Gasteiger partial charge >= 0.3 is 0 Å². The maximum atomic E-state index is 5.51. The molecule has 3 heterocycles. The topological polar surface area (TPSA) is 41.5 Å². The minimum Gasteiger partial charge on any atom is -0.379 e. The predicted molar refractivity (Wildman–Crippen MR) is 94.1 cm³/mol. The summed E-state index contributed by atoms with van der Waals surface area (Å²) in [6.07, 6.45) is 2.60. The quantitative estimate of drug-likeness (QED) is 0.813. The SMILES string of the molecule is CCc1cc(N(C)C[C@H](c2cccs2)N2CCOCC2)ncn1. The monoisotopic (exact) mass is 332 g/mol. The molecular formula is C17H24N4OS. The lowest BCUT2D eigenvalue weighted by molar-refractivity contribution is 0.0183. The van der Waals surface area contributed by atoms with Gasteiger partial charge in [0.25, 0.3) is 0 Å². The first-order valence-electron chi connectivity index (χ1n) is 8.15. The number of morpholine rings is 1. The Hall–Kier alpha value is -1.50. The molecule has 5 nitrogen and oxygen atoms in total. The van der Waals surface area contributed by atoms with E-state index in [9.17, 15) is 0 Å². The zero-order chi connectivity index (χ0) is 16.1. The highest BCUT2D eigenvalue weighted by Gasteiger charge is 2.25. The smallest absolute Gasteiger partial charge is 0.131 e. The minimum absolute atomic E-state index is 0.379. The van der Waals surface area contributed by atoms with Crippen molar-refractivity contribution < 1.29 is 4.74 Å². The Morgan fingerprint density at radius 2 is 2.17 bits per heavy atom. The maximum Gasteiger partial charge on any atom is 0.131 e. The largest absolute Gasteiger partial charge is 0.379 e. The summed E-state index contributed by atoms with van der Waals surface area (Å²) in [5.74, 6) is 0.992. The molecule has 1 saturated heterocycles. The number of nitrogens with zero attached hydrogens (tertiary/aromatic N) is 4. The highest BCUT2D eigenvalue weighted by atomic mass is 32.1. The Balaban J connectivity index is 1.77. The molecule has 0 bridgehead atoms. The van der Waals surface area contributed by atoms with E-state index in [4.69, 9.17) is 4.74 Å². The van der Waals surface area contributed by atoms with Gasteiger partial charge < -0.3 is 9.64 Å². The van der Waals surface area contributed by atoms with E-state index in [0.717, 1.165) is 50.8 Å². The van der Waals surface area contributed by atoms with Crippen molar-refractivity contribution in [3.05, 3.63) is 40.5 Å². The second kappa shape index (κ2) is 7.86. The van der Waals surface area contributed by atoms with Crippen LogP contribution in [0.15, 0.2) is 29.9 Å². The molecule has 0 saturated carbocycles. The van der Waals surface area contributed by atoms with Crippen molar-refractivity contribution in [1.82, 2.24) is 14.9 Å². The van der Waals surface area contributed by atoms with E-state index in [1.807, 2.05) is 11.3 Å². The zero-order valence-electron chi connectivity index (χ0n) is 13.8. The number of ether oxygens (including phenoxy) is 1. The fourth-order valence-corrected chi connectivity index (χ4v) is 3.75. The van der Waals surface area contributed by atoms with Gasteiger partial charge in [0.15, 0.2) is 0 Å². The number of thiophene rings is 1. The molecule has 1 fully saturated rings. The summed E-state index contributed by atoms with van der Waals surface area (Å²) < 4.78 is 5.51. The van der Waals surface area contributed by atoms with E-state index < -0.39 is 0 Å². The third-order valence-electron chi connectivity index (χ3n) is 4.27. The van der Waals surface area contributed by atoms with Gasteiger partial charge in [0.2, 0.25) is 0 Å². The Kier molecular flexibility index (Phi) is 5.59. The van der Waals surface area contributed by atoms with Crippen LogP contribution in [-0.2, 0) is 11.2 Å². The van der Waals surface area contributed by atoms with Gasteiger partial charge in [-0.05, 0) is 17.9 Å². The number of hydrogen-bond donors (Lipinski definition) is 0. The number of likely N-dealkylation sites (N-methyl/N-ethyl adjacent to an activating group) is 1. The van der Waals surface area contributed by atoms with E-state index in [0.29, 0.717) is 6.04 Å². The van der Waals surface area contributed by atoms with Crippen molar-refractivity contribution in [2.45, 2.75) is 19.4 Å². The summed E-state index contributed by atoms with van der Waals surface area (Å²) in [6.45, 7) is 6.65. The van der Waals surface area contributed by atoms with Crippen LogP contribution in [0.25, 0.3) is 0 Å². The van der Waals surface area contributed by atoms with Crippen molar-refractivity contribution in [3.8, 4) is 0 Å². The molecule has 124 valence electrons. The van der Waals surface area contributed by atoms with Gasteiger partial charge in [-0.1, -0.05) is 13.0 Å². The van der Waals surface area contributed by atoms with Crippen LogP contribution in [0, 0.1) is 0 Å². The number of anilines is 1. The van der Waals surface area contributed by atoms with Crippen LogP contribution in [-0.4, -0.2) is 54.8 Å². The lowest BCUT2D eigenvalue weighted by atomic mass is 10.1. The summed E-state index contributed by atoms with van der Waals surface area (Å²) in [6, 6.07) is 6.83. The highest BCUT2D eigenvalue weighted by Crippen LogP contribution is 2.27. The molecule has 3 rings (SSSR count). The van der Waals surface area contributed by atoms with Crippen molar-refractivity contribution in [2.75, 3.05) is 44.8 Å². The first-order valence-corrected chi connectivity index (χ1v) is 9.03. The molecule has 2 aromatic heterocycles. The molecule has 0 aromatic carbocycles. The van der Waals surface area contributed by atoms with Crippen molar-refractivity contribution >= 4 is 17.2 Å². The molecule has 0 N–H and O–H groups in total. The highest BCUT2D eigenvalue weighted by molar-refractivity contribution is 7.10. The second-order valence-electron chi connectivity index (χ2n) is 5.78. The summed E-state index contributed by atoms with van der Waals surface area (Å²) >= 11 is 1.83. The van der Waals surface area contributed by atoms with E-state index in [1.54, 1.807) is 6.33 Å². The van der Waals surface area contributed by atoms with Crippen LogP contribution < -0.4 is 4.90 Å². The normalized spacial score (nSPS) is 17.1. The van der Waals surface area contributed by atoms with E-state index in [1.165, 1.54) is 4.88 Å². The van der Waals surface area contributed by atoms with Gasteiger partial charge in [-0.3, -0.25) is 4.90 Å². The van der Waals surface area contributed by atoms with Gasteiger partial charge in [-0.2, -0.15) is 0 Å². The Bertz CT molecular complexity index is 598. The van der Waals surface area contributed by atoms with Crippen LogP contribution in [0.5, 0.6) is 0 Å². The molecule has 0 amide bonds. The molecule has 2 aromatic rings. The summed E-state index contributed by atoms with van der Waals surface area (Å²) in [7, 11) is 2.11. The summed E-state index contributed by atoms with van der Waals surface area (Å²) in [4.78, 5) is 14.9. The molecule has 1 aliphatic rings. The molecule has 0 aliphatic carbocycles. The van der Waals surface area contributed by atoms with Gasteiger partial charge in [0.1, 0.15) is 12.1 Å². The fraction of sp³-hybridized carbons (Fsp3) is 0.529. The third-order valence-corrected chi connectivity index (χ3v) is 5.24. The van der Waals surface area contributed by atoms with E-state index in [-0.39, 0.29) is 0 Å². The molecule has 1 atom stereocenters. The average Bonchev–Trinajstić information content (AvgIpc) is 3.14. The second-order valence-corrected chi connectivity index (χ2v) is 6.76. The van der Waals surface area contributed by atoms with Crippen LogP contribution in [0.4, 0.5) is 5.82 Å². The minimum atomic E-state index is 0.379. The lowest BCUT2D eigenvalue weighted by Gasteiger charge is -2.36. The van der Waals surface area contributed by atoms with Crippen LogP contribution in [0.3, 0.4) is 0 Å². The van der Waals surface area contributed by atoms with Crippen molar-refractivity contribution in [3.63, 3.8) is 0 Å². The van der Waals surface area contributed by atoms with Crippen molar-refractivity contribution in [2.24, 2.45) is 0 Å².